The quantitative estimate of drug-likeness (QED) is 0.293. The maximum absolute atomic E-state index is 9.41. The van der Waals surface area contributed by atoms with Crippen LogP contribution in [0.1, 0.15) is 0 Å². The van der Waals surface area contributed by atoms with Crippen molar-refractivity contribution in [2.24, 2.45) is 0 Å². The minimum atomic E-state index is -1.55. The molecule has 0 spiro atoms. The molecule has 0 saturated heterocycles. The first-order chi connectivity index (χ1) is 5.54. The summed E-state index contributed by atoms with van der Waals surface area (Å²) in [6.45, 7) is 3.26. The summed E-state index contributed by atoms with van der Waals surface area (Å²) < 4.78 is 4.31. The molecular formula is C7H12Ca2Na2O5. The van der Waals surface area contributed by atoms with Gasteiger partial charge in [-0.25, -0.2) is 0 Å². The summed E-state index contributed by atoms with van der Waals surface area (Å²) in [5.74, 6) is -3.09. The summed E-state index contributed by atoms with van der Waals surface area (Å²) in [4.78, 5) is 18.8. The van der Waals surface area contributed by atoms with Gasteiger partial charge in [0.05, 0.1) is 25.3 Å². The van der Waals surface area contributed by atoms with Crippen molar-refractivity contribution in [3.8, 4) is 0 Å². The number of carbonyl (C=O) groups excluding carboxylic acids is 2. The molecule has 0 N–H and O–H groups in total. The van der Waals surface area contributed by atoms with Gasteiger partial charge in [0.25, 0.3) is 0 Å². The number of aliphatic carboxylic acids is 2. The van der Waals surface area contributed by atoms with Crippen molar-refractivity contribution in [2.45, 2.75) is 0 Å². The van der Waals surface area contributed by atoms with E-state index in [9.17, 15) is 19.8 Å². The van der Waals surface area contributed by atoms with E-state index in [0.29, 0.717) is 12.2 Å². The van der Waals surface area contributed by atoms with Crippen LogP contribution in [-0.2, 0) is 14.3 Å². The Labute approximate surface area is 199 Å². The van der Waals surface area contributed by atoms with Crippen molar-refractivity contribution < 1.29 is 83.7 Å². The van der Waals surface area contributed by atoms with Gasteiger partial charge in [0.15, 0.2) is 0 Å². The molecule has 0 aromatic heterocycles. The zero-order valence-electron chi connectivity index (χ0n) is 8.48. The Morgan fingerprint density at radius 1 is 1.06 bits per heavy atom. The number of hydrogen-bond donors (Lipinski definition) is 0. The molecule has 0 aromatic rings. The average molecular weight is 302 g/mol. The van der Waals surface area contributed by atoms with Gasteiger partial charge in [-0.15, -0.1) is 0 Å². The summed E-state index contributed by atoms with van der Waals surface area (Å²) in [6, 6.07) is 0. The molecule has 0 heterocycles. The van der Waals surface area contributed by atoms with Gasteiger partial charge < -0.3 is 24.5 Å². The summed E-state index contributed by atoms with van der Waals surface area (Å²) in [5.41, 5.74) is 0. The minimum absolute atomic E-state index is 0. The minimum Gasteiger partial charge on any atom is 1.00 e. The van der Waals surface area contributed by atoms with Gasteiger partial charge in [-0.1, -0.05) is 6.58 Å². The number of methoxy groups -OCH3 is 1. The van der Waals surface area contributed by atoms with E-state index in [1.54, 1.807) is 7.11 Å². The van der Waals surface area contributed by atoms with Gasteiger partial charge in [-0.05, 0) is 12.2 Å². The molecule has 0 aliphatic carbocycles. The summed E-state index contributed by atoms with van der Waals surface area (Å²) in [5, 5.41) is 18.8. The van der Waals surface area contributed by atoms with Gasteiger partial charge in [0.1, 0.15) is 0 Å². The maximum atomic E-state index is 9.41. The molecule has 76 valence electrons. The van der Waals surface area contributed by atoms with Crippen molar-refractivity contribution in [1.29, 1.82) is 0 Å². The van der Waals surface area contributed by atoms with Crippen LogP contribution < -0.4 is 69.3 Å². The number of rotatable bonds is 3. The second kappa shape index (κ2) is 30.6. The summed E-state index contributed by atoms with van der Waals surface area (Å²) in [7, 11) is 1.56. The molecule has 0 aliphatic rings. The van der Waals surface area contributed by atoms with Crippen LogP contribution in [0.4, 0.5) is 0 Å². The van der Waals surface area contributed by atoms with Crippen LogP contribution >= 0.6 is 0 Å². The molecule has 0 fully saturated rings. The van der Waals surface area contributed by atoms with Crippen LogP contribution in [0.3, 0.4) is 0 Å². The fraction of sp³-hybridized carbons (Fsp3) is 0.143. The molecule has 0 rings (SSSR count). The third-order valence-corrected chi connectivity index (χ3v) is 0.522. The van der Waals surface area contributed by atoms with Crippen LogP contribution in [-0.4, -0.2) is 94.5 Å². The zero-order chi connectivity index (χ0) is 9.98. The number of carboxylic acids is 2. The second-order valence-corrected chi connectivity index (χ2v) is 1.37. The topological polar surface area (TPSA) is 89.5 Å². The molecule has 0 radical (unpaired) electrons. The largest absolute Gasteiger partial charge is 1.00 e. The van der Waals surface area contributed by atoms with Gasteiger partial charge in [0, 0.05) is 0 Å². The Balaban J connectivity index is -0.0000000281. The Morgan fingerprint density at radius 3 is 1.31 bits per heavy atom. The monoisotopic (exact) mass is 302 g/mol. The Kier molecular flexibility index (Phi) is 69.6. The van der Waals surface area contributed by atoms with Crippen LogP contribution in [0.2, 0.25) is 0 Å². The predicted octanol–water partition coefficient (Wildman–Crippen LogP) is -10.0. The van der Waals surface area contributed by atoms with E-state index in [0.717, 1.165) is 0 Å². The first-order valence-electron chi connectivity index (χ1n) is 2.78. The number of carbonyl (C=O) groups is 2. The molecule has 0 unspecified atom stereocenters. The zero-order valence-corrected chi connectivity index (χ0v) is 12.5. The van der Waals surface area contributed by atoms with Crippen molar-refractivity contribution in [3.05, 3.63) is 25.0 Å². The maximum Gasteiger partial charge on any atom is 1.00 e. The molecule has 0 amide bonds. The van der Waals surface area contributed by atoms with Crippen molar-refractivity contribution >= 4 is 87.4 Å². The Hall–Kier alpha value is 2.74. The fourth-order valence-corrected chi connectivity index (χ4v) is 0.136. The molecule has 0 aromatic carbocycles. The fourth-order valence-electron chi connectivity index (χ4n) is 0.136. The van der Waals surface area contributed by atoms with Crippen LogP contribution in [0.5, 0.6) is 0 Å². The van der Waals surface area contributed by atoms with Crippen LogP contribution in [0.25, 0.3) is 0 Å². The Morgan fingerprint density at radius 2 is 1.25 bits per heavy atom. The SMILES string of the molecule is C=COC.O=C([O-])/C=C\C(=O)[O-].[CaH2].[CaH2].[Na+].[Na+]. The number of hydrogen-bond acceptors (Lipinski definition) is 5. The first kappa shape index (κ1) is 36.3. The van der Waals surface area contributed by atoms with Gasteiger partial charge in [-0.3, -0.25) is 0 Å². The number of carboxylic acid groups (broad SMARTS) is 2. The summed E-state index contributed by atoms with van der Waals surface area (Å²) in [6.07, 6.45) is 2.14. The molecule has 9 heteroatoms. The molecule has 0 aliphatic heterocycles. The molecule has 0 bridgehead atoms. The van der Waals surface area contributed by atoms with E-state index < -0.39 is 11.9 Å². The molecular weight excluding hydrogens is 290 g/mol. The van der Waals surface area contributed by atoms with E-state index in [1.165, 1.54) is 6.26 Å². The predicted molar refractivity (Wildman–Crippen MR) is 53.4 cm³/mol. The average Bonchev–Trinajstić information content (AvgIpc) is 2.01. The smallest absolute Gasteiger partial charge is 1.00 e. The first-order valence-corrected chi connectivity index (χ1v) is 2.78. The van der Waals surface area contributed by atoms with E-state index in [1.807, 2.05) is 0 Å². The summed E-state index contributed by atoms with van der Waals surface area (Å²) >= 11 is 0. The van der Waals surface area contributed by atoms with Crippen LogP contribution in [0, 0.1) is 0 Å². The van der Waals surface area contributed by atoms with Crippen LogP contribution in [0.15, 0.2) is 25.0 Å². The van der Waals surface area contributed by atoms with E-state index >= 15 is 0 Å². The van der Waals surface area contributed by atoms with E-state index in [2.05, 4.69) is 11.3 Å². The second-order valence-electron chi connectivity index (χ2n) is 1.37. The molecule has 0 saturated carbocycles. The molecule has 16 heavy (non-hydrogen) atoms. The van der Waals surface area contributed by atoms with Gasteiger partial charge >= 0.3 is 135 Å². The Bertz CT molecular complexity index is 183. The van der Waals surface area contributed by atoms with Crippen molar-refractivity contribution in [1.82, 2.24) is 0 Å². The molecule has 0 atom stereocenters. The normalized spacial score (nSPS) is 6.06. The standard InChI is InChI=1S/C4H4O4.C3H6O.2Ca.2Na.4H/c5-3(6)1-2-4(7)8;1-3-4-2;;;;;;;;/h1-2H,(H,5,6)(H,7,8);3H,1H2,2H3;;;;;;;;/q;;;;2*+1;;;;/p-2/b2-1-;;;;;;;;;. The van der Waals surface area contributed by atoms with E-state index in [-0.39, 0.29) is 135 Å². The number of ether oxygens (including phenoxy) is 1. The van der Waals surface area contributed by atoms with Crippen molar-refractivity contribution in [2.75, 3.05) is 7.11 Å². The van der Waals surface area contributed by atoms with Gasteiger partial charge in [0.2, 0.25) is 0 Å². The third-order valence-electron chi connectivity index (χ3n) is 0.522. The third kappa shape index (κ3) is 54.3. The van der Waals surface area contributed by atoms with Crippen molar-refractivity contribution in [3.63, 3.8) is 0 Å². The van der Waals surface area contributed by atoms with E-state index in [4.69, 9.17) is 0 Å². The molecule has 5 nitrogen and oxygen atoms in total. The van der Waals surface area contributed by atoms with Gasteiger partial charge in [-0.2, -0.15) is 0 Å².